The van der Waals surface area contributed by atoms with E-state index >= 15 is 0 Å². The molecule has 0 atom stereocenters. The van der Waals surface area contributed by atoms with E-state index in [1.807, 2.05) is 0 Å². The van der Waals surface area contributed by atoms with Crippen LogP contribution in [0.25, 0.3) is 0 Å². The molecular weight excluding hydrogens is 182 g/mol. The van der Waals surface area contributed by atoms with Crippen LogP contribution in [0, 0.1) is 0 Å². The van der Waals surface area contributed by atoms with E-state index in [-0.39, 0.29) is 0 Å². The SMILES string of the molecule is C1=CCCCCNCCC=CCCCC1. The second-order valence-corrected chi connectivity index (χ2v) is 4.26. The van der Waals surface area contributed by atoms with Crippen LogP contribution in [0.3, 0.4) is 0 Å². The minimum atomic E-state index is 1.15. The number of hydrogen-bond donors (Lipinski definition) is 1. The van der Waals surface area contributed by atoms with Crippen LogP contribution in [0.2, 0.25) is 0 Å². The Labute approximate surface area is 94.6 Å². The van der Waals surface area contributed by atoms with Gasteiger partial charge in [-0.15, -0.1) is 0 Å². The predicted molar refractivity (Wildman–Crippen MR) is 68.1 cm³/mol. The van der Waals surface area contributed by atoms with Crippen molar-refractivity contribution >= 4 is 0 Å². The van der Waals surface area contributed by atoms with Crippen molar-refractivity contribution in [2.45, 2.75) is 51.4 Å². The van der Waals surface area contributed by atoms with E-state index in [2.05, 4.69) is 29.6 Å². The summed E-state index contributed by atoms with van der Waals surface area (Å²) in [5.74, 6) is 0. The maximum atomic E-state index is 3.48. The van der Waals surface area contributed by atoms with Gasteiger partial charge < -0.3 is 5.32 Å². The van der Waals surface area contributed by atoms with Gasteiger partial charge in [0.25, 0.3) is 0 Å². The van der Waals surface area contributed by atoms with Crippen LogP contribution in [0.5, 0.6) is 0 Å². The Balaban J connectivity index is 2.15. The van der Waals surface area contributed by atoms with Gasteiger partial charge in [0, 0.05) is 0 Å². The van der Waals surface area contributed by atoms with Crippen molar-refractivity contribution < 1.29 is 0 Å². The van der Waals surface area contributed by atoms with Crippen LogP contribution >= 0.6 is 0 Å². The van der Waals surface area contributed by atoms with Gasteiger partial charge in [0.15, 0.2) is 0 Å². The Kier molecular flexibility index (Phi) is 8.32. The molecule has 15 heavy (non-hydrogen) atoms. The first-order valence-electron chi connectivity index (χ1n) is 6.51. The van der Waals surface area contributed by atoms with E-state index in [0.717, 1.165) is 6.54 Å². The van der Waals surface area contributed by atoms with Gasteiger partial charge >= 0.3 is 0 Å². The molecule has 1 aliphatic heterocycles. The van der Waals surface area contributed by atoms with Gasteiger partial charge in [0.2, 0.25) is 0 Å². The second kappa shape index (κ2) is 9.97. The van der Waals surface area contributed by atoms with Crippen molar-refractivity contribution in [3.05, 3.63) is 24.3 Å². The Morgan fingerprint density at radius 3 is 1.73 bits per heavy atom. The third-order valence-corrected chi connectivity index (χ3v) is 2.79. The molecule has 0 saturated carbocycles. The molecule has 0 bridgehead atoms. The van der Waals surface area contributed by atoms with Crippen LogP contribution in [-0.4, -0.2) is 13.1 Å². The van der Waals surface area contributed by atoms with Gasteiger partial charge in [-0.05, 0) is 64.5 Å². The van der Waals surface area contributed by atoms with Gasteiger partial charge in [0.05, 0.1) is 0 Å². The molecule has 0 aliphatic carbocycles. The van der Waals surface area contributed by atoms with E-state index in [1.165, 1.54) is 57.9 Å². The molecule has 0 aromatic rings. The lowest BCUT2D eigenvalue weighted by atomic mass is 10.1. The quantitative estimate of drug-likeness (QED) is 0.595. The maximum absolute atomic E-state index is 3.48. The van der Waals surface area contributed by atoms with Crippen LogP contribution in [-0.2, 0) is 0 Å². The van der Waals surface area contributed by atoms with E-state index in [4.69, 9.17) is 0 Å². The van der Waals surface area contributed by atoms with Gasteiger partial charge in [0.1, 0.15) is 0 Å². The van der Waals surface area contributed by atoms with E-state index in [1.54, 1.807) is 0 Å². The molecule has 0 unspecified atom stereocenters. The minimum absolute atomic E-state index is 1.15. The average Bonchev–Trinajstić information content (AvgIpc) is 2.27. The van der Waals surface area contributed by atoms with Crippen molar-refractivity contribution in [1.29, 1.82) is 0 Å². The summed E-state index contributed by atoms with van der Waals surface area (Å²) in [4.78, 5) is 0. The van der Waals surface area contributed by atoms with Gasteiger partial charge in [-0.1, -0.05) is 24.3 Å². The fraction of sp³-hybridized carbons (Fsp3) is 0.714. The summed E-state index contributed by atoms with van der Waals surface area (Å²) in [6.45, 7) is 2.33. The van der Waals surface area contributed by atoms with Gasteiger partial charge in [-0.3, -0.25) is 0 Å². The van der Waals surface area contributed by atoms with Crippen molar-refractivity contribution in [2.75, 3.05) is 13.1 Å². The molecule has 0 aromatic heterocycles. The van der Waals surface area contributed by atoms with Crippen molar-refractivity contribution in [2.24, 2.45) is 0 Å². The number of allylic oxidation sites excluding steroid dienone is 3. The largest absolute Gasteiger partial charge is 0.316 e. The molecule has 1 nitrogen and oxygen atoms in total. The summed E-state index contributed by atoms with van der Waals surface area (Å²) >= 11 is 0. The summed E-state index contributed by atoms with van der Waals surface area (Å²) in [6.07, 6.45) is 19.7. The van der Waals surface area contributed by atoms with Gasteiger partial charge in [-0.2, -0.15) is 0 Å². The summed E-state index contributed by atoms with van der Waals surface area (Å²) < 4.78 is 0. The van der Waals surface area contributed by atoms with Crippen LogP contribution < -0.4 is 5.32 Å². The highest BCUT2D eigenvalue weighted by atomic mass is 14.8. The summed E-state index contributed by atoms with van der Waals surface area (Å²) in [5, 5.41) is 3.48. The molecule has 0 saturated heterocycles. The highest BCUT2D eigenvalue weighted by molar-refractivity contribution is 4.84. The summed E-state index contributed by atoms with van der Waals surface area (Å²) in [5.41, 5.74) is 0. The molecule has 1 heterocycles. The normalized spacial score (nSPS) is 21.9. The summed E-state index contributed by atoms with van der Waals surface area (Å²) in [7, 11) is 0. The minimum Gasteiger partial charge on any atom is -0.316 e. The lowest BCUT2D eigenvalue weighted by Crippen LogP contribution is -2.15. The third kappa shape index (κ3) is 8.44. The Bertz CT molecular complexity index is 162. The molecule has 1 N–H and O–H groups in total. The van der Waals surface area contributed by atoms with Crippen LogP contribution in [0.15, 0.2) is 24.3 Å². The predicted octanol–water partition coefficient (Wildman–Crippen LogP) is 3.82. The van der Waals surface area contributed by atoms with E-state index in [0.29, 0.717) is 0 Å². The zero-order chi connectivity index (χ0) is 10.6. The van der Waals surface area contributed by atoms with E-state index in [9.17, 15) is 0 Å². The third-order valence-electron chi connectivity index (χ3n) is 2.79. The van der Waals surface area contributed by atoms with Crippen molar-refractivity contribution in [3.8, 4) is 0 Å². The number of nitrogens with one attached hydrogen (secondary N) is 1. The average molecular weight is 207 g/mol. The molecule has 1 aliphatic rings. The fourth-order valence-electron chi connectivity index (χ4n) is 1.82. The van der Waals surface area contributed by atoms with Crippen molar-refractivity contribution in [3.63, 3.8) is 0 Å². The Hall–Kier alpha value is -0.560. The number of rotatable bonds is 0. The molecule has 0 amide bonds. The highest BCUT2D eigenvalue weighted by Gasteiger charge is 1.89. The lowest BCUT2D eigenvalue weighted by molar-refractivity contribution is 0.630. The first kappa shape index (κ1) is 12.5. The maximum Gasteiger partial charge on any atom is -0.00143 e. The highest BCUT2D eigenvalue weighted by Crippen LogP contribution is 2.04. The molecule has 1 rings (SSSR count). The monoisotopic (exact) mass is 207 g/mol. The fourth-order valence-corrected chi connectivity index (χ4v) is 1.82. The van der Waals surface area contributed by atoms with Crippen LogP contribution in [0.1, 0.15) is 51.4 Å². The number of hydrogen-bond acceptors (Lipinski definition) is 1. The second-order valence-electron chi connectivity index (χ2n) is 4.26. The molecule has 1 heteroatoms. The van der Waals surface area contributed by atoms with Crippen LogP contribution in [0.4, 0.5) is 0 Å². The first-order valence-corrected chi connectivity index (χ1v) is 6.51. The molecule has 0 radical (unpaired) electrons. The topological polar surface area (TPSA) is 12.0 Å². The smallest absolute Gasteiger partial charge is 0.00143 e. The van der Waals surface area contributed by atoms with E-state index < -0.39 is 0 Å². The Morgan fingerprint density at radius 2 is 1.07 bits per heavy atom. The molecule has 0 fully saturated rings. The van der Waals surface area contributed by atoms with Gasteiger partial charge in [-0.25, -0.2) is 0 Å². The van der Waals surface area contributed by atoms with Crippen molar-refractivity contribution in [1.82, 2.24) is 5.32 Å². The molecule has 0 spiro atoms. The Morgan fingerprint density at radius 1 is 0.533 bits per heavy atom. The molecule has 86 valence electrons. The standard InChI is InChI=1S/C14H25N/c1-2-4-6-8-10-12-14-15-13-11-9-7-5-3-1/h3,5,8,10,15H,1-2,4,6-7,9,11-14H2. The lowest BCUT2D eigenvalue weighted by Gasteiger charge is -2.01. The zero-order valence-electron chi connectivity index (χ0n) is 9.88. The molecule has 0 aromatic carbocycles. The first-order chi connectivity index (χ1) is 7.50. The zero-order valence-corrected chi connectivity index (χ0v) is 9.88. The summed E-state index contributed by atoms with van der Waals surface area (Å²) in [6, 6.07) is 0. The molecular formula is C14H25N.